The van der Waals surface area contributed by atoms with Crippen LogP contribution in [0.4, 0.5) is 5.82 Å². The highest BCUT2D eigenvalue weighted by Gasteiger charge is 2.27. The van der Waals surface area contributed by atoms with Crippen LogP contribution in [0.25, 0.3) is 0 Å². The van der Waals surface area contributed by atoms with Gasteiger partial charge in [0.2, 0.25) is 0 Å². The minimum Gasteiger partial charge on any atom is -0.409 e. The fourth-order valence-corrected chi connectivity index (χ4v) is 4.27. The van der Waals surface area contributed by atoms with Crippen LogP contribution in [0.5, 0.6) is 0 Å². The van der Waals surface area contributed by atoms with Crippen LogP contribution >= 0.6 is 0 Å². The van der Waals surface area contributed by atoms with Crippen LogP contribution in [-0.4, -0.2) is 77.2 Å². The second-order valence-electron chi connectivity index (χ2n) is 7.77. The molecule has 0 aromatic carbocycles. The quantitative estimate of drug-likeness (QED) is 0.355. The molecule has 27 heavy (non-hydrogen) atoms. The van der Waals surface area contributed by atoms with E-state index in [-0.39, 0.29) is 5.84 Å². The number of nitrogens with two attached hydrogens (primary N) is 1. The van der Waals surface area contributed by atoms with E-state index in [1.165, 1.54) is 32.4 Å². The first-order valence-electron chi connectivity index (χ1n) is 10.3. The van der Waals surface area contributed by atoms with E-state index in [0.29, 0.717) is 17.8 Å². The lowest BCUT2D eigenvalue weighted by molar-refractivity contribution is 0.0906. The van der Waals surface area contributed by atoms with Gasteiger partial charge in [-0.15, -0.1) is 0 Å². The van der Waals surface area contributed by atoms with Crippen LogP contribution in [-0.2, 0) is 0 Å². The van der Waals surface area contributed by atoms with Gasteiger partial charge in [0.25, 0.3) is 0 Å². The fraction of sp³-hybridized carbons (Fsp3) is 0.700. The van der Waals surface area contributed by atoms with E-state index in [4.69, 9.17) is 10.9 Å². The van der Waals surface area contributed by atoms with Crippen molar-refractivity contribution in [1.82, 2.24) is 14.8 Å². The first kappa shape index (κ1) is 19.9. The number of hydrogen-bond acceptors (Lipinski definition) is 6. The third kappa shape index (κ3) is 4.90. The Morgan fingerprint density at radius 3 is 2.70 bits per heavy atom. The smallest absolute Gasteiger partial charge is 0.188 e. The van der Waals surface area contributed by atoms with Gasteiger partial charge in [-0.1, -0.05) is 18.1 Å². The van der Waals surface area contributed by atoms with E-state index in [2.05, 4.69) is 38.7 Å². The topological polar surface area (TPSA) is 81.2 Å². The van der Waals surface area contributed by atoms with Crippen LogP contribution < -0.4 is 10.6 Å². The molecule has 2 aliphatic heterocycles. The number of rotatable bonds is 5. The summed E-state index contributed by atoms with van der Waals surface area (Å²) < 4.78 is 0. The average molecular weight is 375 g/mol. The molecular weight excluding hydrogens is 340 g/mol. The second-order valence-corrected chi connectivity index (χ2v) is 7.77. The van der Waals surface area contributed by atoms with E-state index < -0.39 is 0 Å². The van der Waals surface area contributed by atoms with Gasteiger partial charge in [0.15, 0.2) is 5.84 Å². The van der Waals surface area contributed by atoms with E-state index in [9.17, 15) is 0 Å². The molecule has 2 aliphatic rings. The lowest BCUT2D eigenvalue weighted by atomic mass is 10.0. The summed E-state index contributed by atoms with van der Waals surface area (Å²) in [4.78, 5) is 12.2. The summed E-state index contributed by atoms with van der Waals surface area (Å²) in [6.07, 6.45) is 4.94. The van der Waals surface area contributed by atoms with Crippen LogP contribution in [0.1, 0.15) is 45.2 Å². The Morgan fingerprint density at radius 1 is 1.22 bits per heavy atom. The molecule has 1 atom stereocenters. The van der Waals surface area contributed by atoms with Crippen molar-refractivity contribution in [2.45, 2.75) is 51.6 Å². The van der Waals surface area contributed by atoms with Gasteiger partial charge in [-0.25, -0.2) is 4.98 Å². The van der Waals surface area contributed by atoms with Crippen molar-refractivity contribution in [3.8, 4) is 0 Å². The molecule has 3 N–H and O–H groups in total. The maximum atomic E-state index is 8.88. The van der Waals surface area contributed by atoms with Gasteiger partial charge in [-0.3, -0.25) is 4.90 Å². The molecule has 2 fully saturated rings. The van der Waals surface area contributed by atoms with Gasteiger partial charge in [0.05, 0.1) is 0 Å². The predicted octanol–water partition coefficient (Wildman–Crippen LogP) is 1.95. The van der Waals surface area contributed by atoms with Gasteiger partial charge in [-0.05, 0) is 57.8 Å². The molecule has 7 heteroatoms. The number of likely N-dealkylation sites (tertiary alicyclic amines) is 1. The lowest BCUT2D eigenvalue weighted by Crippen LogP contribution is -2.48. The molecule has 2 saturated heterocycles. The number of nitrogens with zero attached hydrogens (tertiary/aromatic N) is 5. The Morgan fingerprint density at radius 2 is 2.00 bits per heavy atom. The molecular formula is C20H34N6O. The van der Waals surface area contributed by atoms with Gasteiger partial charge in [-0.2, -0.15) is 0 Å². The van der Waals surface area contributed by atoms with Crippen LogP contribution in [0, 0.1) is 0 Å². The Labute approximate surface area is 162 Å². The number of aromatic nitrogens is 1. The highest BCUT2D eigenvalue weighted by Crippen LogP contribution is 2.22. The van der Waals surface area contributed by atoms with Gasteiger partial charge in [0, 0.05) is 38.3 Å². The number of hydrogen-bond donors (Lipinski definition) is 2. The summed E-state index contributed by atoms with van der Waals surface area (Å²) in [5.74, 6) is 0.967. The number of piperidine rings is 1. The van der Waals surface area contributed by atoms with Crippen molar-refractivity contribution in [1.29, 1.82) is 0 Å². The summed E-state index contributed by atoms with van der Waals surface area (Å²) >= 11 is 0. The molecule has 0 bridgehead atoms. The van der Waals surface area contributed by atoms with Crippen molar-refractivity contribution in [3.63, 3.8) is 0 Å². The van der Waals surface area contributed by atoms with Gasteiger partial charge < -0.3 is 20.7 Å². The normalized spacial score (nSPS) is 22.6. The van der Waals surface area contributed by atoms with E-state index in [1.807, 2.05) is 12.1 Å². The van der Waals surface area contributed by atoms with Crippen LogP contribution in [0.2, 0.25) is 0 Å². The molecule has 0 aliphatic carbocycles. The Kier molecular flexibility index (Phi) is 6.90. The van der Waals surface area contributed by atoms with Crippen molar-refractivity contribution in [3.05, 3.63) is 23.9 Å². The number of pyridine rings is 1. The zero-order chi connectivity index (χ0) is 19.2. The Hall–Kier alpha value is -1.86. The summed E-state index contributed by atoms with van der Waals surface area (Å²) in [6.45, 7) is 11.3. The third-order valence-electron chi connectivity index (χ3n) is 6.19. The second kappa shape index (κ2) is 9.37. The first-order valence-corrected chi connectivity index (χ1v) is 10.3. The largest absolute Gasteiger partial charge is 0.409 e. The maximum Gasteiger partial charge on any atom is 0.188 e. The molecule has 1 unspecified atom stereocenters. The number of oxime groups is 1. The SMILES string of the molecule is CCC(C)N1CCC(N2CCCN(c3cccc(C(N)=NO)n3)CC2)CC1. The maximum absolute atomic E-state index is 8.88. The zero-order valence-corrected chi connectivity index (χ0v) is 16.7. The molecule has 0 radical (unpaired) electrons. The van der Waals surface area contributed by atoms with Crippen molar-refractivity contribution >= 4 is 11.7 Å². The van der Waals surface area contributed by atoms with Crippen LogP contribution in [0.15, 0.2) is 23.4 Å². The van der Waals surface area contributed by atoms with Gasteiger partial charge in [0.1, 0.15) is 11.5 Å². The predicted molar refractivity (Wildman–Crippen MR) is 109 cm³/mol. The number of anilines is 1. The molecule has 1 aromatic rings. The molecule has 0 amide bonds. The molecule has 3 heterocycles. The van der Waals surface area contributed by atoms with Crippen molar-refractivity contribution < 1.29 is 5.21 Å². The van der Waals surface area contributed by atoms with Crippen LogP contribution in [0.3, 0.4) is 0 Å². The van der Waals surface area contributed by atoms with Gasteiger partial charge >= 0.3 is 0 Å². The average Bonchev–Trinajstić information content (AvgIpc) is 2.99. The summed E-state index contributed by atoms with van der Waals surface area (Å²) in [5, 5.41) is 11.9. The lowest BCUT2D eigenvalue weighted by Gasteiger charge is -2.40. The molecule has 3 rings (SSSR count). The molecule has 0 saturated carbocycles. The standard InChI is InChI=1S/C20H34N6O/c1-3-16(2)24-12-8-17(9-13-24)25-10-5-11-26(15-14-25)19-7-4-6-18(22-19)20(21)23-27/h4,6-7,16-17,27H,3,5,8-15H2,1-2H3,(H2,21,23). The first-order chi connectivity index (χ1) is 13.1. The highest BCUT2D eigenvalue weighted by molar-refractivity contribution is 5.95. The minimum atomic E-state index is 0.0568. The monoisotopic (exact) mass is 374 g/mol. The highest BCUT2D eigenvalue weighted by atomic mass is 16.4. The molecule has 0 spiro atoms. The van der Waals surface area contributed by atoms with Crippen molar-refractivity contribution in [2.75, 3.05) is 44.2 Å². The summed E-state index contributed by atoms with van der Waals surface area (Å²) in [5.41, 5.74) is 6.21. The zero-order valence-electron chi connectivity index (χ0n) is 16.7. The third-order valence-corrected chi connectivity index (χ3v) is 6.19. The fourth-order valence-electron chi connectivity index (χ4n) is 4.27. The molecule has 1 aromatic heterocycles. The minimum absolute atomic E-state index is 0.0568. The van der Waals surface area contributed by atoms with Crippen molar-refractivity contribution in [2.24, 2.45) is 10.9 Å². The molecule has 7 nitrogen and oxygen atoms in total. The summed E-state index contributed by atoms with van der Waals surface area (Å²) in [6, 6.07) is 7.12. The summed E-state index contributed by atoms with van der Waals surface area (Å²) in [7, 11) is 0. The van der Waals surface area contributed by atoms with E-state index in [0.717, 1.165) is 38.4 Å². The van der Waals surface area contributed by atoms with E-state index >= 15 is 0 Å². The number of amidine groups is 1. The Bertz CT molecular complexity index is 629. The Balaban J connectivity index is 1.57. The van der Waals surface area contributed by atoms with E-state index in [1.54, 1.807) is 6.07 Å². The molecule has 150 valence electrons.